The first-order chi connectivity index (χ1) is 16.5. The maximum Gasteiger partial charge on any atom is 0.277 e. The van der Waals surface area contributed by atoms with Crippen molar-refractivity contribution < 1.29 is 19.2 Å². The standard InChI is InChI=1S/C25H23N5O4/c26-24(33)22-20-12-14-29(18-10-8-17(9-11-18)28-13-2-1-3-21(28)32)25(34)23(20)30(27-22)19-6-4-16(15-31)5-7-19/h4-11,15H,1-3,12-14H2,(H2,26,33). The molecule has 0 aliphatic carbocycles. The predicted molar refractivity (Wildman–Crippen MR) is 125 cm³/mol. The number of carbonyl (C=O) groups is 4. The molecule has 5 rings (SSSR count). The van der Waals surface area contributed by atoms with Gasteiger partial charge in [-0.3, -0.25) is 19.2 Å². The van der Waals surface area contributed by atoms with Gasteiger partial charge in [-0.15, -0.1) is 0 Å². The van der Waals surface area contributed by atoms with E-state index < -0.39 is 5.91 Å². The summed E-state index contributed by atoms with van der Waals surface area (Å²) in [6, 6.07) is 13.9. The molecule has 1 aromatic heterocycles. The van der Waals surface area contributed by atoms with Crippen molar-refractivity contribution in [1.82, 2.24) is 9.78 Å². The van der Waals surface area contributed by atoms with Crippen LogP contribution < -0.4 is 15.5 Å². The summed E-state index contributed by atoms with van der Waals surface area (Å²) >= 11 is 0. The lowest BCUT2D eigenvalue weighted by atomic mass is 10.0. The van der Waals surface area contributed by atoms with Crippen LogP contribution in [0.3, 0.4) is 0 Å². The summed E-state index contributed by atoms with van der Waals surface area (Å²) in [6.45, 7) is 1.06. The number of anilines is 2. The second-order valence-corrected chi connectivity index (χ2v) is 8.39. The molecule has 9 nitrogen and oxygen atoms in total. The van der Waals surface area contributed by atoms with Crippen molar-refractivity contribution >= 4 is 35.4 Å². The molecule has 0 bridgehead atoms. The number of hydrogen-bond acceptors (Lipinski definition) is 5. The molecule has 1 fully saturated rings. The van der Waals surface area contributed by atoms with Crippen molar-refractivity contribution in [2.24, 2.45) is 5.73 Å². The second-order valence-electron chi connectivity index (χ2n) is 8.39. The van der Waals surface area contributed by atoms with Crippen LogP contribution in [0.1, 0.15) is 56.2 Å². The van der Waals surface area contributed by atoms with Crippen LogP contribution in [0.5, 0.6) is 0 Å². The molecule has 1 saturated heterocycles. The summed E-state index contributed by atoms with van der Waals surface area (Å²) in [4.78, 5) is 52.3. The van der Waals surface area contributed by atoms with Crippen LogP contribution in [-0.2, 0) is 11.2 Å². The number of piperidine rings is 1. The molecule has 0 radical (unpaired) electrons. The molecule has 0 atom stereocenters. The molecule has 2 aromatic carbocycles. The fourth-order valence-corrected chi connectivity index (χ4v) is 4.58. The van der Waals surface area contributed by atoms with Crippen molar-refractivity contribution in [2.75, 3.05) is 22.9 Å². The van der Waals surface area contributed by atoms with Gasteiger partial charge in [0.2, 0.25) is 5.91 Å². The van der Waals surface area contributed by atoms with Crippen molar-refractivity contribution in [3.63, 3.8) is 0 Å². The largest absolute Gasteiger partial charge is 0.364 e. The Morgan fingerprint density at radius 3 is 2.12 bits per heavy atom. The highest BCUT2D eigenvalue weighted by atomic mass is 16.2. The maximum absolute atomic E-state index is 13.6. The van der Waals surface area contributed by atoms with Crippen molar-refractivity contribution in [3.8, 4) is 5.69 Å². The SMILES string of the molecule is NC(=O)c1nn(-c2ccc(C=O)cc2)c2c1CCN(c1ccc(N3CCCCC3=O)cc1)C2=O. The number of amides is 3. The van der Waals surface area contributed by atoms with E-state index in [0.29, 0.717) is 48.4 Å². The van der Waals surface area contributed by atoms with Gasteiger partial charge < -0.3 is 15.5 Å². The van der Waals surface area contributed by atoms with Crippen LogP contribution in [0.2, 0.25) is 0 Å². The van der Waals surface area contributed by atoms with E-state index >= 15 is 0 Å². The van der Waals surface area contributed by atoms with E-state index in [-0.39, 0.29) is 23.2 Å². The van der Waals surface area contributed by atoms with Crippen LogP contribution in [0.25, 0.3) is 5.69 Å². The van der Waals surface area contributed by atoms with Crippen LogP contribution >= 0.6 is 0 Å². The third-order valence-corrected chi connectivity index (χ3v) is 6.32. The summed E-state index contributed by atoms with van der Waals surface area (Å²) in [5.41, 5.74) is 8.94. The van der Waals surface area contributed by atoms with E-state index in [4.69, 9.17) is 5.73 Å². The first-order valence-electron chi connectivity index (χ1n) is 11.2. The Hall–Kier alpha value is -4.27. The zero-order valence-electron chi connectivity index (χ0n) is 18.4. The highest BCUT2D eigenvalue weighted by Gasteiger charge is 2.34. The van der Waals surface area contributed by atoms with Gasteiger partial charge in [-0.25, -0.2) is 4.68 Å². The summed E-state index contributed by atoms with van der Waals surface area (Å²) in [6.07, 6.45) is 3.58. The summed E-state index contributed by atoms with van der Waals surface area (Å²) < 4.78 is 1.42. The van der Waals surface area contributed by atoms with Gasteiger partial charge in [0.15, 0.2) is 5.69 Å². The van der Waals surface area contributed by atoms with Gasteiger partial charge >= 0.3 is 0 Å². The van der Waals surface area contributed by atoms with Gasteiger partial charge in [-0.2, -0.15) is 5.10 Å². The molecule has 172 valence electrons. The Bertz CT molecular complexity index is 1290. The minimum absolute atomic E-state index is 0.0708. The Morgan fingerprint density at radius 1 is 0.853 bits per heavy atom. The minimum Gasteiger partial charge on any atom is -0.364 e. The Labute approximate surface area is 195 Å². The lowest BCUT2D eigenvalue weighted by molar-refractivity contribution is -0.119. The van der Waals surface area contributed by atoms with E-state index in [1.54, 1.807) is 34.1 Å². The lowest BCUT2D eigenvalue weighted by Crippen LogP contribution is -2.39. The van der Waals surface area contributed by atoms with E-state index in [0.717, 1.165) is 24.8 Å². The van der Waals surface area contributed by atoms with Gasteiger partial charge in [0.25, 0.3) is 11.8 Å². The minimum atomic E-state index is -0.698. The summed E-state index contributed by atoms with van der Waals surface area (Å²) in [5, 5.41) is 4.34. The van der Waals surface area contributed by atoms with Crippen LogP contribution in [0.4, 0.5) is 11.4 Å². The zero-order chi connectivity index (χ0) is 23.8. The quantitative estimate of drug-likeness (QED) is 0.591. The highest BCUT2D eigenvalue weighted by molar-refractivity contribution is 6.09. The number of fused-ring (bicyclic) bond motifs is 1. The van der Waals surface area contributed by atoms with E-state index in [1.807, 2.05) is 24.3 Å². The Kier molecular flexibility index (Phi) is 5.45. The third-order valence-electron chi connectivity index (χ3n) is 6.32. The fraction of sp³-hybridized carbons (Fsp3) is 0.240. The monoisotopic (exact) mass is 457 g/mol. The maximum atomic E-state index is 13.6. The summed E-state index contributed by atoms with van der Waals surface area (Å²) in [7, 11) is 0. The van der Waals surface area contributed by atoms with Gasteiger partial charge in [0, 0.05) is 42.0 Å². The van der Waals surface area contributed by atoms with Gasteiger partial charge in [0.05, 0.1) is 5.69 Å². The Morgan fingerprint density at radius 2 is 1.50 bits per heavy atom. The predicted octanol–water partition coefficient (Wildman–Crippen LogP) is 2.50. The van der Waals surface area contributed by atoms with Gasteiger partial charge in [-0.1, -0.05) is 0 Å². The van der Waals surface area contributed by atoms with Gasteiger partial charge in [0.1, 0.15) is 12.0 Å². The molecule has 2 aliphatic heterocycles. The molecule has 9 heteroatoms. The number of nitrogens with two attached hydrogens (primary N) is 1. The average Bonchev–Trinajstić information content (AvgIpc) is 3.26. The van der Waals surface area contributed by atoms with Gasteiger partial charge in [-0.05, 0) is 67.8 Å². The number of carbonyl (C=O) groups excluding carboxylic acids is 4. The van der Waals surface area contributed by atoms with Crippen LogP contribution in [0, 0.1) is 0 Å². The number of aromatic nitrogens is 2. The van der Waals surface area contributed by atoms with Crippen LogP contribution in [0.15, 0.2) is 48.5 Å². The molecule has 0 saturated carbocycles. The van der Waals surface area contributed by atoms with Crippen molar-refractivity contribution in [2.45, 2.75) is 25.7 Å². The lowest BCUT2D eigenvalue weighted by Gasteiger charge is -2.29. The molecule has 0 spiro atoms. The third kappa shape index (κ3) is 3.64. The van der Waals surface area contributed by atoms with E-state index in [9.17, 15) is 19.2 Å². The smallest absolute Gasteiger partial charge is 0.277 e. The zero-order valence-corrected chi connectivity index (χ0v) is 18.4. The van der Waals surface area contributed by atoms with E-state index in [1.165, 1.54) is 4.68 Å². The first-order valence-corrected chi connectivity index (χ1v) is 11.2. The number of primary amides is 1. The molecular weight excluding hydrogens is 434 g/mol. The molecular formula is C25H23N5O4. The topological polar surface area (TPSA) is 119 Å². The molecule has 2 N–H and O–H groups in total. The number of aldehydes is 1. The molecule has 3 aromatic rings. The number of hydrogen-bond donors (Lipinski definition) is 1. The number of benzene rings is 2. The summed E-state index contributed by atoms with van der Waals surface area (Å²) in [5.74, 6) is -0.889. The average molecular weight is 457 g/mol. The molecule has 2 aliphatic rings. The molecule has 3 amide bonds. The molecule has 3 heterocycles. The highest BCUT2D eigenvalue weighted by Crippen LogP contribution is 2.30. The number of rotatable bonds is 5. The second kappa shape index (κ2) is 8.58. The molecule has 0 unspecified atom stereocenters. The van der Waals surface area contributed by atoms with Crippen molar-refractivity contribution in [3.05, 3.63) is 71.0 Å². The first kappa shape index (κ1) is 21.6. The number of nitrogens with zero attached hydrogens (tertiary/aromatic N) is 4. The normalized spacial score (nSPS) is 15.9. The molecule has 34 heavy (non-hydrogen) atoms. The Balaban J connectivity index is 1.50. The fourth-order valence-electron chi connectivity index (χ4n) is 4.58. The van der Waals surface area contributed by atoms with Crippen molar-refractivity contribution in [1.29, 1.82) is 0 Å². The van der Waals surface area contributed by atoms with Crippen LogP contribution in [-0.4, -0.2) is 46.9 Å². The van der Waals surface area contributed by atoms with E-state index in [2.05, 4.69) is 5.10 Å².